The molecule has 1 aromatic heterocycles. The third-order valence-electron chi connectivity index (χ3n) is 6.43. The van der Waals surface area contributed by atoms with Crippen molar-refractivity contribution in [3.63, 3.8) is 0 Å². The minimum Gasteiger partial charge on any atom is -0.386 e. The number of aromatic nitrogens is 1. The van der Waals surface area contributed by atoms with E-state index in [1.165, 1.54) is 24.3 Å². The molecule has 2 heterocycles. The summed E-state index contributed by atoms with van der Waals surface area (Å²) in [6.45, 7) is 3.14. The molecular weight excluding hydrogens is 436 g/mol. The van der Waals surface area contributed by atoms with E-state index in [9.17, 15) is 22.0 Å². The fourth-order valence-corrected chi connectivity index (χ4v) is 6.39. The standard InChI is InChI=1S/C23H25F2N3O3S/c1-22(13-32(30,31)23(2,21(26)28-22)11-14-3-4-14)17-9-15(5-7-18(17)25)10-20(29)19-8-6-16(24)12-27-19/h5-9,12,14H,3-4,10-11,13H2,1-2H3,(H2,26,28)/t22-,23+/m0/s1. The van der Waals surface area contributed by atoms with Gasteiger partial charge in [0.05, 0.1) is 11.9 Å². The maximum Gasteiger partial charge on any atom is 0.185 e. The van der Waals surface area contributed by atoms with E-state index in [4.69, 9.17) is 5.73 Å². The topological polar surface area (TPSA) is 102 Å². The van der Waals surface area contributed by atoms with Crippen molar-refractivity contribution in [3.8, 4) is 0 Å². The van der Waals surface area contributed by atoms with Crippen LogP contribution in [-0.4, -0.2) is 35.5 Å². The van der Waals surface area contributed by atoms with Crippen LogP contribution in [-0.2, 0) is 21.8 Å². The Morgan fingerprint density at radius 1 is 1.19 bits per heavy atom. The Morgan fingerprint density at radius 2 is 1.91 bits per heavy atom. The molecule has 2 atom stereocenters. The van der Waals surface area contributed by atoms with Gasteiger partial charge in [-0.15, -0.1) is 0 Å². The van der Waals surface area contributed by atoms with E-state index in [1.807, 2.05) is 0 Å². The molecule has 4 rings (SSSR count). The van der Waals surface area contributed by atoms with E-state index >= 15 is 0 Å². The van der Waals surface area contributed by atoms with E-state index in [2.05, 4.69) is 9.98 Å². The monoisotopic (exact) mass is 461 g/mol. The molecular formula is C23H25F2N3O3S. The van der Waals surface area contributed by atoms with Crippen molar-refractivity contribution >= 4 is 21.5 Å². The number of hydrogen-bond acceptors (Lipinski definition) is 6. The molecule has 170 valence electrons. The first-order chi connectivity index (χ1) is 14.9. The van der Waals surface area contributed by atoms with Gasteiger partial charge in [0.2, 0.25) is 0 Å². The first-order valence-corrected chi connectivity index (χ1v) is 12.1. The zero-order chi connectivity index (χ0) is 23.3. The lowest BCUT2D eigenvalue weighted by Crippen LogP contribution is -2.57. The number of benzene rings is 1. The van der Waals surface area contributed by atoms with Crippen LogP contribution < -0.4 is 5.73 Å². The average molecular weight is 462 g/mol. The van der Waals surface area contributed by atoms with E-state index in [1.54, 1.807) is 13.8 Å². The van der Waals surface area contributed by atoms with Gasteiger partial charge in [0.25, 0.3) is 0 Å². The molecule has 2 aromatic rings. The van der Waals surface area contributed by atoms with Crippen LogP contribution in [0.1, 0.15) is 54.7 Å². The molecule has 9 heteroatoms. The van der Waals surface area contributed by atoms with Crippen molar-refractivity contribution < 1.29 is 22.0 Å². The summed E-state index contributed by atoms with van der Waals surface area (Å²) >= 11 is 0. The van der Waals surface area contributed by atoms with Crippen molar-refractivity contribution in [2.45, 2.75) is 49.8 Å². The molecule has 0 spiro atoms. The lowest BCUT2D eigenvalue weighted by molar-refractivity contribution is 0.0988. The predicted molar refractivity (Wildman–Crippen MR) is 117 cm³/mol. The fraction of sp³-hybridized carbons (Fsp3) is 0.435. The predicted octanol–water partition coefficient (Wildman–Crippen LogP) is 3.34. The van der Waals surface area contributed by atoms with Crippen LogP contribution in [0.25, 0.3) is 0 Å². The number of ketones is 1. The minimum atomic E-state index is -3.72. The summed E-state index contributed by atoms with van der Waals surface area (Å²) < 4.78 is 53.2. The molecule has 0 saturated heterocycles. The summed E-state index contributed by atoms with van der Waals surface area (Å²) in [5, 5.41) is 0. The highest BCUT2D eigenvalue weighted by atomic mass is 32.2. The Morgan fingerprint density at radius 3 is 2.50 bits per heavy atom. The van der Waals surface area contributed by atoms with Crippen molar-refractivity contribution in [2.75, 3.05) is 5.75 Å². The number of aliphatic imine (C=N–C) groups is 1. The molecule has 0 bridgehead atoms. The molecule has 32 heavy (non-hydrogen) atoms. The highest BCUT2D eigenvalue weighted by molar-refractivity contribution is 7.93. The van der Waals surface area contributed by atoms with E-state index < -0.39 is 31.8 Å². The number of nitrogens with two attached hydrogens (primary N) is 1. The molecule has 2 aliphatic rings. The van der Waals surface area contributed by atoms with Gasteiger partial charge in [0.15, 0.2) is 15.6 Å². The van der Waals surface area contributed by atoms with Gasteiger partial charge >= 0.3 is 0 Å². The summed E-state index contributed by atoms with van der Waals surface area (Å²) in [4.78, 5) is 20.8. The first kappa shape index (κ1) is 22.5. The number of halogens is 2. The SMILES string of the molecule is C[C@@]1(c2cc(CC(=O)c3ccc(F)cn3)ccc2F)CS(=O)(=O)[C@](C)(CC2CC2)C(N)=N1. The summed E-state index contributed by atoms with van der Waals surface area (Å²) in [6.07, 6.45) is 3.22. The largest absolute Gasteiger partial charge is 0.386 e. The first-order valence-electron chi connectivity index (χ1n) is 10.5. The zero-order valence-corrected chi connectivity index (χ0v) is 18.8. The molecule has 1 saturated carbocycles. The van der Waals surface area contributed by atoms with Crippen LogP contribution in [0.2, 0.25) is 0 Å². The number of hydrogen-bond donors (Lipinski definition) is 1. The van der Waals surface area contributed by atoms with Crippen LogP contribution in [0.4, 0.5) is 8.78 Å². The normalized spacial score (nSPS) is 27.1. The lowest BCUT2D eigenvalue weighted by atomic mass is 9.90. The molecule has 1 aliphatic carbocycles. The third-order valence-corrected chi connectivity index (χ3v) is 9.12. The molecule has 0 unspecified atom stereocenters. The molecule has 2 N–H and O–H groups in total. The second-order valence-corrected chi connectivity index (χ2v) is 11.6. The number of pyridine rings is 1. The molecule has 6 nitrogen and oxygen atoms in total. The summed E-state index contributed by atoms with van der Waals surface area (Å²) in [7, 11) is -3.72. The Labute approximate surface area is 185 Å². The third kappa shape index (κ3) is 4.05. The van der Waals surface area contributed by atoms with Crippen LogP contribution in [0.5, 0.6) is 0 Å². The van der Waals surface area contributed by atoms with Crippen LogP contribution in [0.3, 0.4) is 0 Å². The van der Waals surface area contributed by atoms with E-state index in [0.29, 0.717) is 17.9 Å². The van der Waals surface area contributed by atoms with Gasteiger partial charge in [-0.3, -0.25) is 14.8 Å². The van der Waals surface area contributed by atoms with Crippen LogP contribution in [0.15, 0.2) is 41.5 Å². The van der Waals surface area contributed by atoms with Gasteiger partial charge in [0.1, 0.15) is 33.4 Å². The fourth-order valence-electron chi connectivity index (χ4n) is 4.26. The Balaban J connectivity index is 1.67. The van der Waals surface area contributed by atoms with Crippen molar-refractivity contribution in [2.24, 2.45) is 16.6 Å². The van der Waals surface area contributed by atoms with Crippen molar-refractivity contribution in [3.05, 3.63) is 65.0 Å². The number of carbonyl (C=O) groups is 1. The molecule has 0 radical (unpaired) electrons. The number of Topliss-reactive ketones (excluding diaryl/α,β-unsaturated/α-hetero) is 1. The zero-order valence-electron chi connectivity index (χ0n) is 17.9. The lowest BCUT2D eigenvalue weighted by Gasteiger charge is -2.40. The molecule has 1 fully saturated rings. The Hall–Kier alpha value is -2.68. The van der Waals surface area contributed by atoms with Gasteiger partial charge in [0, 0.05) is 12.0 Å². The van der Waals surface area contributed by atoms with Crippen molar-refractivity contribution in [1.82, 2.24) is 4.98 Å². The van der Waals surface area contributed by atoms with Crippen LogP contribution >= 0.6 is 0 Å². The van der Waals surface area contributed by atoms with Gasteiger partial charge in [-0.05, 0) is 56.0 Å². The quantitative estimate of drug-likeness (QED) is 0.665. The minimum absolute atomic E-state index is 0.00505. The second kappa shape index (κ2) is 7.72. The average Bonchev–Trinajstić information content (AvgIpc) is 3.52. The highest BCUT2D eigenvalue weighted by Crippen LogP contribution is 2.45. The number of sulfone groups is 1. The van der Waals surface area contributed by atoms with Gasteiger partial charge in [-0.25, -0.2) is 17.2 Å². The van der Waals surface area contributed by atoms with E-state index in [-0.39, 0.29) is 35.0 Å². The Bertz CT molecular complexity index is 1210. The summed E-state index contributed by atoms with van der Waals surface area (Å²) in [6, 6.07) is 6.51. The molecule has 1 aliphatic heterocycles. The van der Waals surface area contributed by atoms with Gasteiger partial charge < -0.3 is 5.73 Å². The number of rotatable bonds is 6. The second-order valence-electron chi connectivity index (χ2n) is 9.18. The highest BCUT2D eigenvalue weighted by Gasteiger charge is 2.53. The Kier molecular flexibility index (Phi) is 5.43. The maximum atomic E-state index is 14.9. The van der Waals surface area contributed by atoms with Crippen molar-refractivity contribution in [1.29, 1.82) is 0 Å². The summed E-state index contributed by atoms with van der Waals surface area (Å²) in [5.41, 5.74) is 5.40. The van der Waals surface area contributed by atoms with Gasteiger partial charge in [-0.2, -0.15) is 0 Å². The smallest absolute Gasteiger partial charge is 0.185 e. The van der Waals surface area contributed by atoms with Gasteiger partial charge in [-0.1, -0.05) is 18.9 Å². The molecule has 0 amide bonds. The number of nitrogens with zero attached hydrogens (tertiary/aromatic N) is 2. The van der Waals surface area contributed by atoms with E-state index in [0.717, 1.165) is 25.1 Å². The van der Waals surface area contributed by atoms with Crippen LogP contribution in [0, 0.1) is 17.6 Å². The number of carbonyl (C=O) groups excluding carboxylic acids is 1. The summed E-state index contributed by atoms with van der Waals surface area (Å²) in [5.74, 6) is -1.61. The maximum absolute atomic E-state index is 14.9. The molecule has 1 aromatic carbocycles. The number of amidine groups is 1.